The highest BCUT2D eigenvalue weighted by Crippen LogP contribution is 2.41. The SMILES string of the molecule is COc1cc2c(OC(C)=O)cc3sc(C)nc3c2cc1OC. The lowest BCUT2D eigenvalue weighted by molar-refractivity contribution is -0.131. The first-order valence-electron chi connectivity index (χ1n) is 6.67. The molecule has 0 N–H and O–H groups in total. The van der Waals surface area contributed by atoms with Gasteiger partial charge in [0.15, 0.2) is 11.5 Å². The average molecular weight is 317 g/mol. The fourth-order valence-corrected chi connectivity index (χ4v) is 3.32. The van der Waals surface area contributed by atoms with Crippen LogP contribution in [0.3, 0.4) is 0 Å². The van der Waals surface area contributed by atoms with Gasteiger partial charge in [0.25, 0.3) is 0 Å². The first-order valence-corrected chi connectivity index (χ1v) is 7.49. The van der Waals surface area contributed by atoms with Crippen molar-refractivity contribution in [1.29, 1.82) is 0 Å². The lowest BCUT2D eigenvalue weighted by Crippen LogP contribution is -2.02. The van der Waals surface area contributed by atoms with Gasteiger partial charge in [-0.1, -0.05) is 0 Å². The lowest BCUT2D eigenvalue weighted by atomic mass is 10.1. The number of ether oxygens (including phenoxy) is 3. The number of aromatic nitrogens is 1. The Morgan fingerprint density at radius 1 is 1.05 bits per heavy atom. The highest BCUT2D eigenvalue weighted by molar-refractivity contribution is 7.18. The van der Waals surface area contributed by atoms with Crippen molar-refractivity contribution >= 4 is 38.3 Å². The molecular weight excluding hydrogens is 302 g/mol. The number of hydrogen-bond acceptors (Lipinski definition) is 6. The zero-order valence-electron chi connectivity index (χ0n) is 12.7. The van der Waals surface area contributed by atoms with E-state index >= 15 is 0 Å². The van der Waals surface area contributed by atoms with E-state index < -0.39 is 0 Å². The molecule has 0 aliphatic carbocycles. The molecule has 0 atom stereocenters. The molecule has 0 amide bonds. The lowest BCUT2D eigenvalue weighted by Gasteiger charge is -2.12. The first kappa shape index (κ1) is 14.6. The summed E-state index contributed by atoms with van der Waals surface area (Å²) in [6.45, 7) is 3.33. The molecule has 5 nitrogen and oxygen atoms in total. The van der Waals surface area contributed by atoms with Gasteiger partial charge in [-0.3, -0.25) is 4.79 Å². The highest BCUT2D eigenvalue weighted by atomic mass is 32.1. The van der Waals surface area contributed by atoms with Gasteiger partial charge < -0.3 is 14.2 Å². The highest BCUT2D eigenvalue weighted by Gasteiger charge is 2.16. The van der Waals surface area contributed by atoms with Gasteiger partial charge in [-0.25, -0.2) is 4.98 Å². The molecule has 0 aliphatic heterocycles. The summed E-state index contributed by atoms with van der Waals surface area (Å²) in [5.41, 5.74) is 0.870. The van der Waals surface area contributed by atoms with Crippen molar-refractivity contribution in [3.63, 3.8) is 0 Å². The Bertz CT molecular complexity index is 885. The van der Waals surface area contributed by atoms with Crippen LogP contribution in [0.25, 0.3) is 21.0 Å². The van der Waals surface area contributed by atoms with Crippen LogP contribution in [0.4, 0.5) is 0 Å². The summed E-state index contributed by atoms with van der Waals surface area (Å²) in [5.74, 6) is 1.33. The van der Waals surface area contributed by atoms with E-state index in [1.165, 1.54) is 6.92 Å². The molecule has 0 fully saturated rings. The van der Waals surface area contributed by atoms with Crippen molar-refractivity contribution in [3.05, 3.63) is 23.2 Å². The van der Waals surface area contributed by atoms with E-state index in [0.29, 0.717) is 17.2 Å². The molecule has 1 aromatic heterocycles. The van der Waals surface area contributed by atoms with Crippen LogP contribution in [-0.4, -0.2) is 25.2 Å². The maximum atomic E-state index is 11.4. The van der Waals surface area contributed by atoms with E-state index in [1.807, 2.05) is 19.1 Å². The summed E-state index contributed by atoms with van der Waals surface area (Å²) in [5, 5.41) is 2.59. The van der Waals surface area contributed by atoms with Gasteiger partial charge in [0, 0.05) is 23.8 Å². The predicted octanol–water partition coefficient (Wildman–Crippen LogP) is 3.70. The van der Waals surface area contributed by atoms with E-state index in [0.717, 1.165) is 26.0 Å². The van der Waals surface area contributed by atoms with Crippen molar-refractivity contribution in [1.82, 2.24) is 4.98 Å². The second-order valence-electron chi connectivity index (χ2n) is 4.80. The number of rotatable bonds is 3. The molecule has 1 heterocycles. The van der Waals surface area contributed by atoms with Crippen LogP contribution in [0.2, 0.25) is 0 Å². The number of fused-ring (bicyclic) bond motifs is 3. The fourth-order valence-electron chi connectivity index (χ4n) is 2.45. The maximum Gasteiger partial charge on any atom is 0.308 e. The summed E-state index contributed by atoms with van der Waals surface area (Å²) in [7, 11) is 3.16. The van der Waals surface area contributed by atoms with Crippen LogP contribution >= 0.6 is 11.3 Å². The van der Waals surface area contributed by atoms with Crippen LogP contribution < -0.4 is 14.2 Å². The van der Waals surface area contributed by atoms with Crippen molar-refractivity contribution in [3.8, 4) is 17.2 Å². The summed E-state index contributed by atoms with van der Waals surface area (Å²) >= 11 is 1.56. The second-order valence-corrected chi connectivity index (χ2v) is 6.04. The Labute approximate surface area is 131 Å². The molecule has 0 unspecified atom stereocenters. The molecule has 0 spiro atoms. The van der Waals surface area contributed by atoms with Gasteiger partial charge >= 0.3 is 5.97 Å². The third-order valence-corrected chi connectivity index (χ3v) is 4.24. The molecule has 2 aromatic carbocycles. The molecule has 6 heteroatoms. The molecule has 0 aliphatic rings. The minimum atomic E-state index is -0.364. The second kappa shape index (κ2) is 5.46. The topological polar surface area (TPSA) is 57.7 Å². The van der Waals surface area contributed by atoms with E-state index in [2.05, 4.69) is 4.98 Å². The normalized spacial score (nSPS) is 10.9. The molecule has 3 rings (SSSR count). The Morgan fingerprint density at radius 3 is 2.27 bits per heavy atom. The van der Waals surface area contributed by atoms with Crippen LogP contribution in [-0.2, 0) is 4.79 Å². The van der Waals surface area contributed by atoms with Crippen LogP contribution in [0.15, 0.2) is 18.2 Å². The minimum absolute atomic E-state index is 0.364. The third kappa shape index (κ3) is 2.35. The van der Waals surface area contributed by atoms with Crippen molar-refractivity contribution in [2.45, 2.75) is 13.8 Å². The third-order valence-electron chi connectivity index (χ3n) is 3.32. The minimum Gasteiger partial charge on any atom is -0.493 e. The van der Waals surface area contributed by atoms with E-state index in [4.69, 9.17) is 14.2 Å². The molecule has 0 radical (unpaired) electrons. The molecule has 22 heavy (non-hydrogen) atoms. The molecule has 0 bridgehead atoms. The van der Waals surface area contributed by atoms with Gasteiger partial charge in [0.2, 0.25) is 0 Å². The van der Waals surface area contributed by atoms with E-state index in [9.17, 15) is 4.79 Å². The monoisotopic (exact) mass is 317 g/mol. The Hall–Kier alpha value is -2.34. The zero-order chi connectivity index (χ0) is 15.9. The Morgan fingerprint density at radius 2 is 1.68 bits per heavy atom. The largest absolute Gasteiger partial charge is 0.493 e. The number of nitrogens with zero attached hydrogens (tertiary/aromatic N) is 1. The smallest absolute Gasteiger partial charge is 0.308 e. The zero-order valence-corrected chi connectivity index (χ0v) is 13.5. The van der Waals surface area contributed by atoms with Crippen LogP contribution in [0.5, 0.6) is 17.2 Å². The number of hydrogen-bond donors (Lipinski definition) is 0. The first-order chi connectivity index (χ1) is 10.5. The summed E-state index contributed by atoms with van der Waals surface area (Å²) in [6.07, 6.45) is 0. The molecule has 114 valence electrons. The maximum absolute atomic E-state index is 11.4. The summed E-state index contributed by atoms with van der Waals surface area (Å²) in [4.78, 5) is 16.0. The van der Waals surface area contributed by atoms with Crippen LogP contribution in [0, 0.1) is 6.92 Å². The van der Waals surface area contributed by atoms with E-state index in [1.54, 1.807) is 31.6 Å². The number of carbonyl (C=O) groups is 1. The van der Waals surface area contributed by atoms with E-state index in [-0.39, 0.29) is 5.97 Å². The summed E-state index contributed by atoms with van der Waals surface area (Å²) in [6, 6.07) is 5.51. The Balaban J connectivity index is 2.42. The summed E-state index contributed by atoms with van der Waals surface area (Å²) < 4.78 is 17.0. The molecule has 0 saturated carbocycles. The average Bonchev–Trinajstić information content (AvgIpc) is 2.85. The van der Waals surface area contributed by atoms with Gasteiger partial charge in [-0.2, -0.15) is 0 Å². The molecule has 3 aromatic rings. The van der Waals surface area contributed by atoms with Gasteiger partial charge in [-0.05, 0) is 19.1 Å². The van der Waals surface area contributed by atoms with Gasteiger partial charge in [0.1, 0.15) is 5.75 Å². The predicted molar refractivity (Wildman–Crippen MR) is 86.3 cm³/mol. The standard InChI is InChI=1S/C16H15NO4S/c1-8-17-16-11-6-14(20-4)13(19-3)5-10(11)12(21-9(2)18)7-15(16)22-8/h5-7H,1-4H3. The van der Waals surface area contributed by atoms with Gasteiger partial charge in [0.05, 0.1) is 29.4 Å². The fraction of sp³-hybridized carbons (Fsp3) is 0.250. The number of benzene rings is 2. The number of thiazole rings is 1. The van der Waals surface area contributed by atoms with Crippen molar-refractivity contribution in [2.75, 3.05) is 14.2 Å². The molecule has 0 saturated heterocycles. The molecular formula is C16H15NO4S. The van der Waals surface area contributed by atoms with Crippen molar-refractivity contribution in [2.24, 2.45) is 0 Å². The number of methoxy groups -OCH3 is 2. The Kier molecular flexibility index (Phi) is 3.62. The van der Waals surface area contributed by atoms with Gasteiger partial charge in [-0.15, -0.1) is 11.3 Å². The van der Waals surface area contributed by atoms with Crippen molar-refractivity contribution < 1.29 is 19.0 Å². The van der Waals surface area contributed by atoms with Crippen LogP contribution in [0.1, 0.15) is 11.9 Å². The number of aryl methyl sites for hydroxylation is 1. The number of carbonyl (C=O) groups excluding carboxylic acids is 1. The quantitative estimate of drug-likeness (QED) is 0.544. The number of esters is 1.